The fraction of sp³-hybridized carbons (Fsp3) is 0.0714. The Kier molecular flexibility index (Phi) is 3.66. The molecule has 0 fully saturated rings. The largest absolute Gasteiger partial charge is 0.465 e. The normalized spacial score (nSPS) is 10.0. The van der Waals surface area contributed by atoms with Crippen molar-refractivity contribution in [3.05, 3.63) is 65.2 Å². The van der Waals surface area contributed by atoms with Crippen LogP contribution in [0.2, 0.25) is 0 Å². The summed E-state index contributed by atoms with van der Waals surface area (Å²) in [6, 6.07) is 6.60. The number of rotatable bonds is 3. The van der Waals surface area contributed by atoms with Gasteiger partial charge in [-0.2, -0.15) is 0 Å². The molecule has 0 atom stereocenters. The second kappa shape index (κ2) is 5.39. The third kappa shape index (κ3) is 2.65. The summed E-state index contributed by atoms with van der Waals surface area (Å²) in [4.78, 5) is 27.1. The summed E-state index contributed by atoms with van der Waals surface area (Å²) in [5, 5.41) is 0. The Bertz CT molecular complexity index is 626. The number of ketones is 1. The molecule has 0 aliphatic rings. The number of hydrogen-bond acceptors (Lipinski definition) is 4. The van der Waals surface area contributed by atoms with Crippen LogP contribution in [-0.2, 0) is 4.74 Å². The van der Waals surface area contributed by atoms with Crippen molar-refractivity contribution in [2.24, 2.45) is 0 Å². The maximum atomic E-state index is 13.8. The molecule has 4 nitrogen and oxygen atoms in total. The Morgan fingerprint density at radius 1 is 1.11 bits per heavy atom. The lowest BCUT2D eigenvalue weighted by molar-refractivity contribution is 0.0600. The highest BCUT2D eigenvalue weighted by Crippen LogP contribution is 2.15. The minimum absolute atomic E-state index is 0.0614. The van der Waals surface area contributed by atoms with E-state index in [0.29, 0.717) is 5.56 Å². The monoisotopic (exact) mass is 259 g/mol. The van der Waals surface area contributed by atoms with Gasteiger partial charge in [-0.05, 0) is 30.3 Å². The number of ether oxygens (including phenoxy) is 1. The summed E-state index contributed by atoms with van der Waals surface area (Å²) in [5.41, 5.74) is 0.296. The number of esters is 1. The molecule has 0 saturated carbocycles. The minimum atomic E-state index is -0.760. The number of halogens is 1. The number of nitrogens with zero attached hydrogens (tertiary/aromatic N) is 1. The minimum Gasteiger partial charge on any atom is -0.465 e. The first-order valence-electron chi connectivity index (χ1n) is 5.46. The van der Waals surface area contributed by atoms with Crippen molar-refractivity contribution in [1.29, 1.82) is 0 Å². The fourth-order valence-electron chi connectivity index (χ4n) is 1.60. The summed E-state index contributed by atoms with van der Waals surface area (Å²) in [6.07, 6.45) is 2.90. The smallest absolute Gasteiger partial charge is 0.337 e. The van der Waals surface area contributed by atoms with Crippen LogP contribution >= 0.6 is 0 Å². The molecule has 0 aliphatic carbocycles. The van der Waals surface area contributed by atoms with E-state index in [9.17, 15) is 14.0 Å². The van der Waals surface area contributed by atoms with E-state index < -0.39 is 17.6 Å². The highest BCUT2D eigenvalue weighted by atomic mass is 19.1. The van der Waals surface area contributed by atoms with E-state index >= 15 is 0 Å². The third-order valence-corrected chi connectivity index (χ3v) is 2.58. The molecule has 96 valence electrons. The summed E-state index contributed by atoms with van der Waals surface area (Å²) in [5.74, 6) is -1.87. The van der Waals surface area contributed by atoms with Crippen molar-refractivity contribution in [1.82, 2.24) is 4.98 Å². The van der Waals surface area contributed by atoms with E-state index in [4.69, 9.17) is 0 Å². The summed E-state index contributed by atoms with van der Waals surface area (Å²) >= 11 is 0. The van der Waals surface area contributed by atoms with Crippen LogP contribution in [0, 0.1) is 5.82 Å². The number of benzene rings is 1. The predicted octanol–water partition coefficient (Wildman–Crippen LogP) is 2.24. The molecule has 2 rings (SSSR count). The average Bonchev–Trinajstić information content (AvgIpc) is 2.46. The Morgan fingerprint density at radius 2 is 1.79 bits per heavy atom. The van der Waals surface area contributed by atoms with Crippen LogP contribution in [0.5, 0.6) is 0 Å². The van der Waals surface area contributed by atoms with Gasteiger partial charge >= 0.3 is 5.97 Å². The summed E-state index contributed by atoms with van der Waals surface area (Å²) < 4.78 is 18.3. The maximum Gasteiger partial charge on any atom is 0.337 e. The number of carbonyl (C=O) groups is 2. The van der Waals surface area contributed by atoms with E-state index in [2.05, 4.69) is 9.72 Å². The van der Waals surface area contributed by atoms with Crippen molar-refractivity contribution < 1.29 is 18.7 Å². The molecule has 0 spiro atoms. The lowest BCUT2D eigenvalue weighted by atomic mass is 10.0. The topological polar surface area (TPSA) is 56.3 Å². The van der Waals surface area contributed by atoms with Gasteiger partial charge in [0.2, 0.25) is 0 Å². The van der Waals surface area contributed by atoms with Crippen LogP contribution in [0.4, 0.5) is 4.39 Å². The van der Waals surface area contributed by atoms with E-state index in [1.807, 2.05) is 0 Å². The van der Waals surface area contributed by atoms with E-state index in [1.165, 1.54) is 43.8 Å². The van der Waals surface area contributed by atoms with Crippen LogP contribution in [0.3, 0.4) is 0 Å². The third-order valence-electron chi connectivity index (χ3n) is 2.58. The molecule has 0 N–H and O–H groups in total. The van der Waals surface area contributed by atoms with Crippen LogP contribution in [0.25, 0.3) is 0 Å². The SMILES string of the molecule is COC(=O)c1ccc(C(=O)c2ccncc2)c(F)c1. The van der Waals surface area contributed by atoms with Crippen LogP contribution in [0.15, 0.2) is 42.7 Å². The van der Waals surface area contributed by atoms with Gasteiger partial charge in [-0.15, -0.1) is 0 Å². The van der Waals surface area contributed by atoms with Crippen molar-refractivity contribution in [3.63, 3.8) is 0 Å². The molecule has 19 heavy (non-hydrogen) atoms. The molecule has 0 unspecified atom stereocenters. The molecule has 1 heterocycles. The number of hydrogen-bond donors (Lipinski definition) is 0. The zero-order valence-corrected chi connectivity index (χ0v) is 10.1. The Balaban J connectivity index is 2.37. The number of methoxy groups -OCH3 is 1. The molecule has 0 aliphatic heterocycles. The van der Waals surface area contributed by atoms with Crippen LogP contribution in [-0.4, -0.2) is 23.8 Å². The van der Waals surface area contributed by atoms with Gasteiger partial charge in [0.1, 0.15) is 5.82 Å². The van der Waals surface area contributed by atoms with Gasteiger partial charge in [0, 0.05) is 18.0 Å². The lowest BCUT2D eigenvalue weighted by Crippen LogP contribution is -2.07. The van der Waals surface area contributed by atoms with Crippen molar-refractivity contribution in [2.45, 2.75) is 0 Å². The van der Waals surface area contributed by atoms with Gasteiger partial charge in [0.15, 0.2) is 5.78 Å². The number of aromatic nitrogens is 1. The van der Waals surface area contributed by atoms with E-state index in [1.54, 1.807) is 0 Å². The Morgan fingerprint density at radius 3 is 2.37 bits per heavy atom. The first-order valence-corrected chi connectivity index (χ1v) is 5.46. The summed E-state index contributed by atoms with van der Waals surface area (Å²) in [7, 11) is 1.20. The van der Waals surface area contributed by atoms with Crippen LogP contribution < -0.4 is 0 Å². The van der Waals surface area contributed by atoms with Crippen molar-refractivity contribution >= 4 is 11.8 Å². The van der Waals surface area contributed by atoms with E-state index in [-0.39, 0.29) is 11.1 Å². The molecule has 0 saturated heterocycles. The lowest BCUT2D eigenvalue weighted by Gasteiger charge is -2.04. The van der Waals surface area contributed by atoms with Gasteiger partial charge in [0.25, 0.3) is 0 Å². The second-order valence-electron chi connectivity index (χ2n) is 3.75. The zero-order valence-electron chi connectivity index (χ0n) is 10.1. The Hall–Kier alpha value is -2.56. The molecule has 0 radical (unpaired) electrons. The standard InChI is InChI=1S/C14H10FNO3/c1-19-14(18)10-2-3-11(12(15)8-10)13(17)9-4-6-16-7-5-9/h2-8H,1H3. The molecule has 1 aromatic heterocycles. The summed E-state index contributed by atoms with van der Waals surface area (Å²) in [6.45, 7) is 0. The maximum absolute atomic E-state index is 13.8. The van der Waals surface area contributed by atoms with Crippen molar-refractivity contribution in [3.8, 4) is 0 Å². The number of pyridine rings is 1. The first kappa shape index (κ1) is 12.9. The Labute approximate surface area is 108 Å². The molecular weight excluding hydrogens is 249 g/mol. The van der Waals surface area contributed by atoms with Gasteiger partial charge in [-0.1, -0.05) is 0 Å². The molecular formula is C14H10FNO3. The molecule has 2 aromatic rings. The highest BCUT2D eigenvalue weighted by Gasteiger charge is 2.16. The molecule has 1 aromatic carbocycles. The first-order chi connectivity index (χ1) is 9.13. The zero-order chi connectivity index (χ0) is 13.8. The number of carbonyl (C=O) groups excluding carboxylic acids is 2. The molecule has 0 amide bonds. The molecule has 5 heteroatoms. The quantitative estimate of drug-likeness (QED) is 0.626. The average molecular weight is 259 g/mol. The molecule has 0 bridgehead atoms. The van der Waals surface area contributed by atoms with Gasteiger partial charge in [0.05, 0.1) is 18.2 Å². The highest BCUT2D eigenvalue weighted by molar-refractivity contribution is 6.09. The van der Waals surface area contributed by atoms with Gasteiger partial charge < -0.3 is 4.74 Å². The second-order valence-corrected chi connectivity index (χ2v) is 3.75. The predicted molar refractivity (Wildman–Crippen MR) is 65.4 cm³/mol. The fourth-order valence-corrected chi connectivity index (χ4v) is 1.60. The van der Waals surface area contributed by atoms with E-state index in [0.717, 1.165) is 6.07 Å². The van der Waals surface area contributed by atoms with Crippen molar-refractivity contribution in [2.75, 3.05) is 7.11 Å². The van der Waals surface area contributed by atoms with Gasteiger partial charge in [-0.25, -0.2) is 9.18 Å². The van der Waals surface area contributed by atoms with Gasteiger partial charge in [-0.3, -0.25) is 9.78 Å². The van der Waals surface area contributed by atoms with Crippen LogP contribution in [0.1, 0.15) is 26.3 Å².